The Morgan fingerprint density at radius 2 is 1.91 bits per heavy atom. The van der Waals surface area contributed by atoms with Gasteiger partial charge in [0.2, 0.25) is 0 Å². The molecule has 1 aliphatic carbocycles. The van der Waals surface area contributed by atoms with Crippen LogP contribution in [0.1, 0.15) is 31.2 Å². The molecule has 0 aromatic heterocycles. The largest absolute Gasteiger partial charge is 0.493 e. The monoisotopic (exact) mass is 481 g/mol. The highest BCUT2D eigenvalue weighted by Gasteiger charge is 2.50. The van der Waals surface area contributed by atoms with Gasteiger partial charge in [0, 0.05) is 29.3 Å². The summed E-state index contributed by atoms with van der Waals surface area (Å²) in [6, 6.07) is 7.80. The van der Waals surface area contributed by atoms with Crippen LogP contribution in [-0.4, -0.2) is 50.3 Å². The predicted octanol–water partition coefficient (Wildman–Crippen LogP) is 4.89. The minimum atomic E-state index is -2.94. The van der Waals surface area contributed by atoms with Crippen molar-refractivity contribution >= 4 is 11.7 Å². The molecule has 0 bridgehead atoms. The zero-order valence-corrected chi connectivity index (χ0v) is 18.9. The molecular weight excluding hydrogens is 454 g/mol. The number of halogens is 4. The number of nitrogens with one attached hydrogen (secondary N) is 2. The maximum Gasteiger partial charge on any atom is 0.387 e. The molecule has 2 N–H and O–H groups in total. The predicted molar refractivity (Wildman–Crippen MR) is 118 cm³/mol. The van der Waals surface area contributed by atoms with Crippen LogP contribution in [0.15, 0.2) is 36.4 Å². The van der Waals surface area contributed by atoms with E-state index in [1.165, 1.54) is 19.2 Å². The molecule has 3 unspecified atom stereocenters. The molecule has 1 saturated heterocycles. The quantitative estimate of drug-likeness (QED) is 0.577. The normalized spacial score (nSPS) is 24.6. The Bertz CT molecular complexity index is 1050. The number of carbonyl (C=O) groups is 1. The molecule has 2 aromatic carbocycles. The number of amides is 2. The van der Waals surface area contributed by atoms with E-state index in [-0.39, 0.29) is 34.7 Å². The van der Waals surface area contributed by atoms with Gasteiger partial charge in [0.15, 0.2) is 23.1 Å². The van der Waals surface area contributed by atoms with Crippen molar-refractivity contribution in [2.24, 2.45) is 0 Å². The third-order valence-electron chi connectivity index (χ3n) is 6.99. The van der Waals surface area contributed by atoms with Crippen LogP contribution in [0.25, 0.3) is 0 Å². The maximum atomic E-state index is 13.4. The van der Waals surface area contributed by atoms with Crippen LogP contribution < -0.4 is 20.1 Å². The summed E-state index contributed by atoms with van der Waals surface area (Å²) in [7, 11) is 3.45. The van der Waals surface area contributed by atoms with E-state index in [9.17, 15) is 22.4 Å². The molecule has 3 atom stereocenters. The third-order valence-corrected chi connectivity index (χ3v) is 6.99. The fourth-order valence-electron chi connectivity index (χ4n) is 5.35. The number of fused-ring (bicyclic) bond motifs is 1. The SMILES string of the molecule is COc1cc(C23CCC(NC(=O)Nc4ccc(F)c(F)c4)CC2N(C)CC3)ccc1OC(F)F. The molecule has 0 radical (unpaired) electrons. The molecule has 2 fully saturated rings. The fourth-order valence-corrected chi connectivity index (χ4v) is 5.35. The Kier molecular flexibility index (Phi) is 6.88. The van der Waals surface area contributed by atoms with Crippen LogP contribution in [0.4, 0.5) is 28.0 Å². The van der Waals surface area contributed by atoms with Crippen LogP contribution >= 0.6 is 0 Å². The zero-order chi connectivity index (χ0) is 24.5. The molecular formula is C24H27F4N3O3. The maximum absolute atomic E-state index is 13.4. The molecule has 10 heteroatoms. The van der Waals surface area contributed by atoms with Gasteiger partial charge in [-0.2, -0.15) is 8.78 Å². The molecule has 6 nitrogen and oxygen atoms in total. The number of anilines is 1. The van der Waals surface area contributed by atoms with E-state index >= 15 is 0 Å². The van der Waals surface area contributed by atoms with E-state index in [0.29, 0.717) is 12.8 Å². The smallest absolute Gasteiger partial charge is 0.387 e. The number of methoxy groups -OCH3 is 1. The molecule has 2 aliphatic rings. The summed E-state index contributed by atoms with van der Waals surface area (Å²) in [5.74, 6) is -1.77. The number of rotatable bonds is 6. The second kappa shape index (κ2) is 9.69. The van der Waals surface area contributed by atoms with Crippen LogP contribution in [0.3, 0.4) is 0 Å². The fraction of sp³-hybridized carbons (Fsp3) is 0.458. The highest BCUT2D eigenvalue weighted by molar-refractivity contribution is 5.89. The van der Waals surface area contributed by atoms with Gasteiger partial charge in [-0.3, -0.25) is 0 Å². The standard InChI is InChI=1S/C24H27F4N3O3/c1-31-10-9-24(14-3-6-19(34-22(27)28)20(11-14)33-2)8-7-16(13-21(24)31)30-23(32)29-15-4-5-17(25)18(26)12-15/h3-6,11-12,16,21-22H,7-10,13H2,1-2H3,(H2,29,30,32). The summed E-state index contributed by atoms with van der Waals surface area (Å²) in [6.45, 7) is -2.09. The van der Waals surface area contributed by atoms with Gasteiger partial charge < -0.3 is 25.0 Å². The van der Waals surface area contributed by atoms with E-state index in [1.807, 2.05) is 13.1 Å². The van der Waals surface area contributed by atoms with E-state index in [0.717, 1.165) is 37.1 Å². The number of alkyl halides is 2. The second-order valence-electron chi connectivity index (χ2n) is 8.85. The zero-order valence-electron chi connectivity index (χ0n) is 18.9. The van der Waals surface area contributed by atoms with Crippen molar-refractivity contribution in [2.45, 2.75) is 49.8 Å². The molecule has 0 spiro atoms. The number of likely N-dealkylation sites (N-methyl/N-ethyl adjacent to an activating group) is 1. The van der Waals surface area contributed by atoms with Crippen molar-refractivity contribution < 1.29 is 31.8 Å². The van der Waals surface area contributed by atoms with Gasteiger partial charge >= 0.3 is 12.6 Å². The van der Waals surface area contributed by atoms with Crippen LogP contribution in [0.2, 0.25) is 0 Å². The summed E-state index contributed by atoms with van der Waals surface area (Å²) < 4.78 is 61.8. The Labute approximate surface area is 195 Å². The highest BCUT2D eigenvalue weighted by Crippen LogP contribution is 2.50. The van der Waals surface area contributed by atoms with Crippen molar-refractivity contribution in [3.8, 4) is 11.5 Å². The summed E-state index contributed by atoms with van der Waals surface area (Å²) in [5.41, 5.74) is 0.947. The first kappa shape index (κ1) is 24.1. The Hall–Kier alpha value is -3.01. The van der Waals surface area contributed by atoms with Crippen molar-refractivity contribution in [3.05, 3.63) is 53.6 Å². The first-order valence-corrected chi connectivity index (χ1v) is 11.1. The van der Waals surface area contributed by atoms with Gasteiger partial charge in [-0.05, 0) is 69.1 Å². The van der Waals surface area contributed by atoms with Gasteiger partial charge in [0.25, 0.3) is 0 Å². The summed E-state index contributed by atoms with van der Waals surface area (Å²) in [5, 5.41) is 5.48. The van der Waals surface area contributed by atoms with Gasteiger partial charge in [-0.1, -0.05) is 6.07 Å². The van der Waals surface area contributed by atoms with Crippen LogP contribution in [0, 0.1) is 11.6 Å². The summed E-state index contributed by atoms with van der Waals surface area (Å²) >= 11 is 0. The molecule has 1 saturated carbocycles. The van der Waals surface area contributed by atoms with Crippen molar-refractivity contribution in [1.29, 1.82) is 0 Å². The van der Waals surface area contributed by atoms with Crippen molar-refractivity contribution in [2.75, 3.05) is 26.0 Å². The molecule has 4 rings (SSSR count). The highest BCUT2D eigenvalue weighted by atomic mass is 19.3. The number of carbonyl (C=O) groups excluding carboxylic acids is 1. The van der Waals surface area contributed by atoms with Crippen molar-refractivity contribution in [3.63, 3.8) is 0 Å². The van der Waals surface area contributed by atoms with Gasteiger partial charge in [0.1, 0.15) is 0 Å². The van der Waals surface area contributed by atoms with E-state index in [2.05, 4.69) is 20.3 Å². The van der Waals surface area contributed by atoms with Gasteiger partial charge in [-0.25, -0.2) is 13.6 Å². The summed E-state index contributed by atoms with van der Waals surface area (Å²) in [4.78, 5) is 14.7. The first-order chi connectivity index (χ1) is 16.2. The molecule has 1 heterocycles. The number of urea groups is 1. The average molecular weight is 481 g/mol. The number of hydrogen-bond donors (Lipinski definition) is 2. The van der Waals surface area contributed by atoms with E-state index < -0.39 is 24.3 Å². The minimum Gasteiger partial charge on any atom is -0.493 e. The number of likely N-dealkylation sites (tertiary alicyclic amines) is 1. The Balaban J connectivity index is 1.47. The lowest BCUT2D eigenvalue weighted by atomic mass is 9.65. The Morgan fingerprint density at radius 3 is 2.62 bits per heavy atom. The van der Waals surface area contributed by atoms with Gasteiger partial charge in [0.05, 0.1) is 7.11 Å². The van der Waals surface area contributed by atoms with E-state index in [4.69, 9.17) is 4.74 Å². The second-order valence-corrected chi connectivity index (χ2v) is 8.85. The van der Waals surface area contributed by atoms with Gasteiger partial charge in [-0.15, -0.1) is 0 Å². The molecule has 34 heavy (non-hydrogen) atoms. The molecule has 2 amide bonds. The average Bonchev–Trinajstić information content (AvgIpc) is 3.13. The van der Waals surface area contributed by atoms with Crippen LogP contribution in [0.5, 0.6) is 11.5 Å². The number of nitrogens with zero attached hydrogens (tertiary/aromatic N) is 1. The summed E-state index contributed by atoms with van der Waals surface area (Å²) in [6.07, 6.45) is 3.04. The molecule has 184 valence electrons. The molecule has 2 aromatic rings. The number of ether oxygens (including phenoxy) is 2. The third kappa shape index (κ3) is 4.77. The minimum absolute atomic E-state index is 0.00944. The topological polar surface area (TPSA) is 62.8 Å². The van der Waals surface area contributed by atoms with Crippen LogP contribution in [-0.2, 0) is 5.41 Å². The lowest BCUT2D eigenvalue weighted by Crippen LogP contribution is -2.52. The lowest BCUT2D eigenvalue weighted by molar-refractivity contribution is -0.0512. The lowest BCUT2D eigenvalue weighted by Gasteiger charge is -2.45. The number of benzene rings is 2. The Morgan fingerprint density at radius 1 is 1.12 bits per heavy atom. The molecule has 1 aliphatic heterocycles. The van der Waals surface area contributed by atoms with E-state index in [1.54, 1.807) is 6.07 Å². The first-order valence-electron chi connectivity index (χ1n) is 11.1. The van der Waals surface area contributed by atoms with Crippen molar-refractivity contribution in [1.82, 2.24) is 10.2 Å². The number of hydrogen-bond acceptors (Lipinski definition) is 4.